The highest BCUT2D eigenvalue weighted by Crippen LogP contribution is 2.44. The molecule has 1 N–H and O–H groups in total. The van der Waals surface area contributed by atoms with E-state index in [2.05, 4.69) is 56.9 Å². The van der Waals surface area contributed by atoms with E-state index < -0.39 is 5.41 Å². The molecule has 0 bridgehead atoms. The first-order valence-corrected chi connectivity index (χ1v) is 7.90. The fourth-order valence-electron chi connectivity index (χ4n) is 3.19. The molecule has 3 rings (SSSR count). The van der Waals surface area contributed by atoms with Crippen LogP contribution in [0, 0.1) is 17.4 Å². The minimum atomic E-state index is -0.396. The van der Waals surface area contributed by atoms with Crippen molar-refractivity contribution in [2.45, 2.75) is 32.6 Å². The first kappa shape index (κ1) is 14.4. The second-order valence-electron chi connectivity index (χ2n) is 5.62. The highest BCUT2D eigenvalue weighted by atomic mass is 127. The van der Waals surface area contributed by atoms with Gasteiger partial charge in [0.1, 0.15) is 11.6 Å². The average Bonchev–Trinajstić information content (AvgIpc) is 2.36. The zero-order valence-electron chi connectivity index (χ0n) is 12.2. The van der Waals surface area contributed by atoms with Crippen LogP contribution in [0.4, 0.5) is 5.82 Å². The van der Waals surface area contributed by atoms with E-state index in [0.29, 0.717) is 18.1 Å². The molecule has 0 fully saturated rings. The third-order valence-corrected chi connectivity index (χ3v) is 4.93. The van der Waals surface area contributed by atoms with Gasteiger partial charge in [-0.15, -0.1) is 0 Å². The van der Waals surface area contributed by atoms with Crippen LogP contribution in [0.1, 0.15) is 36.0 Å². The van der Waals surface area contributed by atoms with Crippen LogP contribution in [0.25, 0.3) is 0 Å². The molecule has 1 aromatic carbocycles. The predicted molar refractivity (Wildman–Crippen MR) is 90.4 cm³/mol. The smallest absolute Gasteiger partial charge is 0.226 e. The van der Waals surface area contributed by atoms with Crippen LogP contribution in [0.5, 0.6) is 0 Å². The number of benzene rings is 1. The molecule has 2 aromatic rings. The second kappa shape index (κ2) is 5.05. The fourth-order valence-corrected chi connectivity index (χ4v) is 4.17. The Morgan fingerprint density at radius 2 is 1.95 bits per heavy atom. The lowest BCUT2D eigenvalue weighted by Gasteiger charge is -2.36. The van der Waals surface area contributed by atoms with Gasteiger partial charge in [0, 0.05) is 26.7 Å². The Balaban J connectivity index is 2.31. The minimum Gasteiger partial charge on any atom is -0.310 e. The van der Waals surface area contributed by atoms with Gasteiger partial charge in [0.25, 0.3) is 0 Å². The van der Waals surface area contributed by atoms with Gasteiger partial charge in [-0.3, -0.25) is 4.79 Å². The number of aryl methyl sites for hydroxylation is 2. The van der Waals surface area contributed by atoms with Gasteiger partial charge >= 0.3 is 0 Å². The van der Waals surface area contributed by atoms with Gasteiger partial charge in [-0.2, -0.15) is 0 Å². The highest BCUT2D eigenvalue weighted by Gasteiger charge is 2.41. The molecular formula is C16H16IN3O. The Morgan fingerprint density at radius 3 is 2.67 bits per heavy atom. The van der Waals surface area contributed by atoms with Crippen LogP contribution in [-0.2, 0) is 10.2 Å². The zero-order chi connectivity index (χ0) is 15.2. The average molecular weight is 393 g/mol. The van der Waals surface area contributed by atoms with E-state index in [-0.39, 0.29) is 5.91 Å². The quantitative estimate of drug-likeness (QED) is 0.757. The highest BCUT2D eigenvalue weighted by molar-refractivity contribution is 14.1. The van der Waals surface area contributed by atoms with Crippen LogP contribution in [0.2, 0.25) is 0 Å². The standard InChI is InChI=1S/C16H16IN3O/c1-9-14-15(19-10(2)18-9)20-13(21)8-16(14,3)11-6-4-5-7-12(11)17/h4-7H,8H2,1-3H3,(H,18,19,20,21). The SMILES string of the molecule is Cc1nc(C)c2c(n1)NC(=O)CC2(C)c1ccccc1I. The number of aromatic nitrogens is 2. The molecule has 5 heteroatoms. The number of halogens is 1. The third-order valence-electron chi connectivity index (χ3n) is 3.99. The molecule has 1 aliphatic heterocycles. The molecule has 4 nitrogen and oxygen atoms in total. The Morgan fingerprint density at radius 1 is 1.24 bits per heavy atom. The molecule has 0 radical (unpaired) electrons. The van der Waals surface area contributed by atoms with Crippen LogP contribution < -0.4 is 5.32 Å². The van der Waals surface area contributed by atoms with Crippen molar-refractivity contribution >= 4 is 34.3 Å². The Hall–Kier alpha value is -1.50. The lowest BCUT2D eigenvalue weighted by atomic mass is 9.71. The summed E-state index contributed by atoms with van der Waals surface area (Å²) in [5, 5.41) is 2.89. The number of nitrogens with zero attached hydrogens (tertiary/aromatic N) is 2. The second-order valence-corrected chi connectivity index (χ2v) is 6.78. The summed E-state index contributed by atoms with van der Waals surface area (Å²) in [4.78, 5) is 21.1. The summed E-state index contributed by atoms with van der Waals surface area (Å²) in [6, 6.07) is 8.18. The molecule has 21 heavy (non-hydrogen) atoms. The van der Waals surface area contributed by atoms with Gasteiger partial charge in [-0.25, -0.2) is 9.97 Å². The monoisotopic (exact) mass is 393 g/mol. The number of carbonyl (C=O) groups excluding carboxylic acids is 1. The van der Waals surface area contributed by atoms with E-state index in [1.165, 1.54) is 0 Å². The van der Waals surface area contributed by atoms with E-state index in [4.69, 9.17) is 0 Å². The largest absolute Gasteiger partial charge is 0.310 e. The van der Waals surface area contributed by atoms with Crippen molar-refractivity contribution in [3.8, 4) is 0 Å². The molecule has 1 aliphatic rings. The van der Waals surface area contributed by atoms with E-state index in [9.17, 15) is 4.79 Å². The molecule has 1 aromatic heterocycles. The minimum absolute atomic E-state index is 0.00199. The zero-order valence-corrected chi connectivity index (χ0v) is 14.4. The molecule has 2 heterocycles. The van der Waals surface area contributed by atoms with Crippen molar-refractivity contribution in [2.75, 3.05) is 5.32 Å². The van der Waals surface area contributed by atoms with Crippen molar-refractivity contribution in [1.82, 2.24) is 9.97 Å². The molecule has 1 unspecified atom stereocenters. The first-order valence-electron chi connectivity index (χ1n) is 6.82. The molecule has 108 valence electrons. The summed E-state index contributed by atoms with van der Waals surface area (Å²) in [5.41, 5.74) is 2.71. The fraction of sp³-hybridized carbons (Fsp3) is 0.312. The van der Waals surface area contributed by atoms with Crippen molar-refractivity contribution in [1.29, 1.82) is 0 Å². The maximum Gasteiger partial charge on any atom is 0.226 e. The number of hydrogen-bond donors (Lipinski definition) is 1. The number of anilines is 1. The molecule has 0 saturated carbocycles. The Labute approximate surface area is 137 Å². The van der Waals surface area contributed by atoms with Gasteiger partial charge in [-0.05, 0) is 48.1 Å². The lowest BCUT2D eigenvalue weighted by Crippen LogP contribution is -2.38. The van der Waals surface area contributed by atoms with Crippen LogP contribution >= 0.6 is 22.6 Å². The third kappa shape index (κ3) is 2.33. The number of nitrogens with one attached hydrogen (secondary N) is 1. The number of carbonyl (C=O) groups is 1. The molecule has 1 atom stereocenters. The summed E-state index contributed by atoms with van der Waals surface area (Å²) < 4.78 is 1.15. The van der Waals surface area contributed by atoms with Gasteiger partial charge in [0.05, 0.1) is 0 Å². The Bertz CT molecular complexity index is 744. The summed E-state index contributed by atoms with van der Waals surface area (Å²) in [7, 11) is 0. The molecule has 0 aliphatic carbocycles. The van der Waals surface area contributed by atoms with E-state index in [1.807, 2.05) is 26.0 Å². The first-order chi connectivity index (χ1) is 9.91. The topological polar surface area (TPSA) is 54.9 Å². The van der Waals surface area contributed by atoms with E-state index >= 15 is 0 Å². The summed E-state index contributed by atoms with van der Waals surface area (Å²) >= 11 is 2.32. The maximum absolute atomic E-state index is 12.2. The Kier molecular flexibility index (Phi) is 3.47. The van der Waals surface area contributed by atoms with E-state index in [0.717, 1.165) is 20.4 Å². The van der Waals surface area contributed by atoms with Crippen molar-refractivity contribution < 1.29 is 4.79 Å². The number of fused-ring (bicyclic) bond motifs is 1. The lowest BCUT2D eigenvalue weighted by molar-refractivity contribution is -0.117. The summed E-state index contributed by atoms with van der Waals surface area (Å²) in [6.07, 6.45) is 0.410. The van der Waals surface area contributed by atoms with Crippen molar-refractivity contribution in [2.24, 2.45) is 0 Å². The number of rotatable bonds is 1. The van der Waals surface area contributed by atoms with Crippen molar-refractivity contribution in [3.63, 3.8) is 0 Å². The van der Waals surface area contributed by atoms with Crippen LogP contribution in [0.15, 0.2) is 24.3 Å². The van der Waals surface area contributed by atoms with Crippen molar-refractivity contribution in [3.05, 3.63) is 50.5 Å². The molecular weight excluding hydrogens is 377 g/mol. The van der Waals surface area contributed by atoms with Gasteiger partial charge in [-0.1, -0.05) is 25.1 Å². The number of amides is 1. The number of hydrogen-bond acceptors (Lipinski definition) is 3. The van der Waals surface area contributed by atoms with Gasteiger partial charge in [0.15, 0.2) is 0 Å². The molecule has 0 spiro atoms. The van der Waals surface area contributed by atoms with Gasteiger partial charge < -0.3 is 5.32 Å². The molecule has 1 amide bonds. The van der Waals surface area contributed by atoms with Gasteiger partial charge in [0.2, 0.25) is 5.91 Å². The van der Waals surface area contributed by atoms with E-state index in [1.54, 1.807) is 0 Å². The normalized spacial score (nSPS) is 20.9. The maximum atomic E-state index is 12.2. The molecule has 0 saturated heterocycles. The predicted octanol–water partition coefficient (Wildman–Crippen LogP) is 3.35. The van der Waals surface area contributed by atoms with Crippen LogP contribution in [-0.4, -0.2) is 15.9 Å². The summed E-state index contributed by atoms with van der Waals surface area (Å²) in [5.74, 6) is 1.33. The van der Waals surface area contributed by atoms with Crippen LogP contribution in [0.3, 0.4) is 0 Å². The summed E-state index contributed by atoms with van der Waals surface area (Å²) in [6.45, 7) is 5.93.